The Morgan fingerprint density at radius 3 is 2.50 bits per heavy atom. The number of nitrogens with one attached hydrogen (secondary N) is 1. The zero-order valence-electron chi connectivity index (χ0n) is 17.7. The summed E-state index contributed by atoms with van der Waals surface area (Å²) < 4.78 is 47.6. The molecule has 1 aromatic heterocycles. The first-order valence-electron chi connectivity index (χ1n) is 10.5. The minimum absolute atomic E-state index is 0.0320. The summed E-state index contributed by atoms with van der Waals surface area (Å²) in [5.74, 6) is -1.02. The maximum atomic E-state index is 14.0. The number of carbonyl (C=O) groups is 1. The maximum absolute atomic E-state index is 14.0. The van der Waals surface area contributed by atoms with Gasteiger partial charge in [0, 0.05) is 33.7 Å². The van der Waals surface area contributed by atoms with E-state index >= 15 is 0 Å². The Labute approximate surface area is 194 Å². The first-order chi connectivity index (χ1) is 16.4. The molecule has 0 radical (unpaired) electrons. The van der Waals surface area contributed by atoms with Crippen LogP contribution in [0.3, 0.4) is 0 Å². The van der Waals surface area contributed by atoms with Crippen molar-refractivity contribution in [3.05, 3.63) is 90.7 Å². The van der Waals surface area contributed by atoms with Gasteiger partial charge in [-0.15, -0.1) is 0 Å². The van der Waals surface area contributed by atoms with Gasteiger partial charge in [0.1, 0.15) is 23.5 Å². The van der Waals surface area contributed by atoms with Crippen LogP contribution in [0.4, 0.5) is 15.8 Å². The molecule has 34 heavy (non-hydrogen) atoms. The number of hydrogen-bond acceptors (Lipinski definition) is 4. The number of amides is 1. The highest BCUT2D eigenvalue weighted by Gasteiger charge is 2.36. The molecule has 2 heterocycles. The minimum atomic E-state index is -4.02. The molecule has 1 aliphatic rings. The van der Waals surface area contributed by atoms with Crippen molar-refractivity contribution in [3.8, 4) is 11.1 Å². The summed E-state index contributed by atoms with van der Waals surface area (Å²) in [6.45, 7) is -0.465. The van der Waals surface area contributed by atoms with Gasteiger partial charge in [0.05, 0.1) is 10.6 Å². The lowest BCUT2D eigenvalue weighted by atomic mass is 10.0. The van der Waals surface area contributed by atoms with E-state index < -0.39 is 28.3 Å². The fraction of sp³-hybridized carbons (Fsp3) is 0.0385. The van der Waals surface area contributed by atoms with Crippen molar-refractivity contribution in [1.82, 2.24) is 0 Å². The second-order valence-electron chi connectivity index (χ2n) is 8.03. The summed E-state index contributed by atoms with van der Waals surface area (Å²) in [4.78, 5) is 13.0. The molecule has 168 valence electrons. The number of fused-ring (bicyclic) bond motifs is 6. The molecule has 8 heteroatoms. The molecule has 1 N–H and O–H groups in total. The van der Waals surface area contributed by atoms with Gasteiger partial charge in [-0.25, -0.2) is 12.8 Å². The van der Waals surface area contributed by atoms with Crippen LogP contribution in [0.15, 0.2) is 94.2 Å². The van der Waals surface area contributed by atoms with Crippen molar-refractivity contribution < 1.29 is 22.0 Å². The third-order valence-corrected chi connectivity index (χ3v) is 7.74. The monoisotopic (exact) mass is 472 g/mol. The second kappa shape index (κ2) is 7.43. The molecule has 0 atom stereocenters. The van der Waals surface area contributed by atoms with E-state index in [-0.39, 0.29) is 10.6 Å². The quantitative estimate of drug-likeness (QED) is 0.374. The number of hydrogen-bond donors (Lipinski definition) is 1. The summed E-state index contributed by atoms with van der Waals surface area (Å²) >= 11 is 0. The van der Waals surface area contributed by atoms with Crippen molar-refractivity contribution in [2.75, 3.05) is 16.2 Å². The number of nitrogens with zero attached hydrogens (tertiary/aromatic N) is 1. The second-order valence-corrected chi connectivity index (χ2v) is 9.86. The zero-order valence-corrected chi connectivity index (χ0v) is 18.5. The lowest BCUT2D eigenvalue weighted by Crippen LogP contribution is -2.40. The van der Waals surface area contributed by atoms with Crippen LogP contribution in [0.5, 0.6) is 0 Å². The first-order valence-corrected chi connectivity index (χ1v) is 12.0. The summed E-state index contributed by atoms with van der Waals surface area (Å²) in [6.07, 6.45) is 0. The van der Waals surface area contributed by atoms with Crippen LogP contribution < -0.4 is 9.62 Å². The number of rotatable bonds is 3. The molecule has 1 aliphatic heterocycles. The normalized spacial score (nSPS) is 14.1. The fourth-order valence-corrected chi connectivity index (χ4v) is 6.06. The standard InChI is InChI=1S/C26H17FN2O4S/c27-16-9-12-22-21(13-16)20-6-2-4-8-25(20)34(31,32)29(22)15-26(30)28-17-10-11-19-18-5-1-3-7-23(18)33-24(19)14-17/h1-14H,15H2,(H,28,30). The lowest BCUT2D eigenvalue weighted by Gasteiger charge is -2.31. The molecule has 0 unspecified atom stereocenters. The molecular formula is C26H17FN2O4S. The predicted molar refractivity (Wildman–Crippen MR) is 129 cm³/mol. The third-order valence-electron chi connectivity index (χ3n) is 5.92. The largest absolute Gasteiger partial charge is 0.456 e. The van der Waals surface area contributed by atoms with Crippen molar-refractivity contribution in [3.63, 3.8) is 0 Å². The van der Waals surface area contributed by atoms with Crippen molar-refractivity contribution in [2.45, 2.75) is 4.90 Å². The highest BCUT2D eigenvalue weighted by Crippen LogP contribution is 2.43. The van der Waals surface area contributed by atoms with Crippen molar-refractivity contribution >= 4 is 49.2 Å². The topological polar surface area (TPSA) is 79.6 Å². The molecule has 4 aromatic carbocycles. The van der Waals surface area contributed by atoms with Crippen LogP contribution >= 0.6 is 0 Å². The van der Waals surface area contributed by atoms with Gasteiger partial charge in [-0.1, -0.05) is 36.4 Å². The summed E-state index contributed by atoms with van der Waals surface area (Å²) in [7, 11) is -4.02. The predicted octanol–water partition coefficient (Wildman–Crippen LogP) is 5.54. The zero-order chi connectivity index (χ0) is 23.4. The average molecular weight is 472 g/mol. The van der Waals surface area contributed by atoms with E-state index in [0.29, 0.717) is 22.4 Å². The van der Waals surface area contributed by atoms with E-state index in [9.17, 15) is 17.6 Å². The molecule has 1 amide bonds. The molecule has 5 aromatic rings. The van der Waals surface area contributed by atoms with Gasteiger partial charge >= 0.3 is 0 Å². The highest BCUT2D eigenvalue weighted by atomic mass is 32.2. The highest BCUT2D eigenvalue weighted by molar-refractivity contribution is 7.93. The Hall–Kier alpha value is -4.17. The molecule has 0 aliphatic carbocycles. The Morgan fingerprint density at radius 1 is 0.853 bits per heavy atom. The average Bonchev–Trinajstić information content (AvgIpc) is 3.20. The van der Waals surface area contributed by atoms with Gasteiger partial charge in [-0.2, -0.15) is 0 Å². The number of furan rings is 1. The van der Waals surface area contributed by atoms with Gasteiger partial charge in [-0.05, 0) is 42.5 Å². The van der Waals surface area contributed by atoms with Crippen LogP contribution in [0.1, 0.15) is 0 Å². The number of benzene rings is 4. The summed E-state index contributed by atoms with van der Waals surface area (Å²) in [5, 5.41) is 4.64. The number of carbonyl (C=O) groups excluding carboxylic acids is 1. The molecule has 0 spiro atoms. The van der Waals surface area contributed by atoms with Crippen LogP contribution in [-0.4, -0.2) is 20.9 Å². The SMILES string of the molecule is O=C(CN1c2ccc(F)cc2-c2ccccc2S1(=O)=O)Nc1ccc2c(c1)oc1ccccc12. The van der Waals surface area contributed by atoms with E-state index in [1.807, 2.05) is 30.3 Å². The maximum Gasteiger partial charge on any atom is 0.265 e. The molecule has 6 rings (SSSR count). The molecule has 0 saturated heterocycles. The van der Waals surface area contributed by atoms with E-state index in [1.165, 1.54) is 24.3 Å². The molecule has 0 bridgehead atoms. The Balaban J connectivity index is 1.34. The van der Waals surface area contributed by atoms with Crippen molar-refractivity contribution in [2.24, 2.45) is 0 Å². The van der Waals surface area contributed by atoms with E-state index in [0.717, 1.165) is 20.7 Å². The summed E-state index contributed by atoms with van der Waals surface area (Å²) in [5.41, 5.74) is 2.90. The van der Waals surface area contributed by atoms with Gasteiger partial charge in [0.15, 0.2) is 0 Å². The number of para-hydroxylation sites is 1. The van der Waals surface area contributed by atoms with Crippen molar-refractivity contribution in [1.29, 1.82) is 0 Å². The van der Waals surface area contributed by atoms with Crippen LogP contribution in [0, 0.1) is 5.82 Å². The Morgan fingerprint density at radius 2 is 1.62 bits per heavy atom. The molecule has 6 nitrogen and oxygen atoms in total. The van der Waals surface area contributed by atoms with Gasteiger partial charge < -0.3 is 9.73 Å². The van der Waals surface area contributed by atoms with Crippen LogP contribution in [0.25, 0.3) is 33.1 Å². The van der Waals surface area contributed by atoms with E-state index in [1.54, 1.807) is 30.3 Å². The molecule has 0 fully saturated rings. The van der Waals surface area contributed by atoms with Crippen LogP contribution in [-0.2, 0) is 14.8 Å². The minimum Gasteiger partial charge on any atom is -0.456 e. The smallest absolute Gasteiger partial charge is 0.265 e. The van der Waals surface area contributed by atoms with Crippen LogP contribution in [0.2, 0.25) is 0 Å². The first kappa shape index (κ1) is 20.4. The summed E-state index contributed by atoms with van der Waals surface area (Å²) in [6, 6.07) is 23.2. The number of sulfonamides is 1. The van der Waals surface area contributed by atoms with Gasteiger partial charge in [0.25, 0.3) is 10.0 Å². The van der Waals surface area contributed by atoms with Gasteiger partial charge in [-0.3, -0.25) is 9.10 Å². The van der Waals surface area contributed by atoms with Gasteiger partial charge in [0.2, 0.25) is 5.91 Å². The van der Waals surface area contributed by atoms with E-state index in [2.05, 4.69) is 5.32 Å². The lowest BCUT2D eigenvalue weighted by molar-refractivity contribution is -0.114. The Kier molecular flexibility index (Phi) is 4.46. The molecule has 0 saturated carbocycles. The fourth-order valence-electron chi connectivity index (χ4n) is 4.41. The third kappa shape index (κ3) is 3.14. The van der Waals surface area contributed by atoms with E-state index in [4.69, 9.17) is 4.42 Å². The molecular weight excluding hydrogens is 455 g/mol. The number of halogens is 1. The number of anilines is 2. The Bertz CT molecular complexity index is 1730.